The van der Waals surface area contributed by atoms with Gasteiger partial charge in [-0.3, -0.25) is 19.2 Å². The minimum Gasteiger partial charge on any atom is -0.422 e. The highest BCUT2D eigenvalue weighted by atomic mass is 35.5. The minimum absolute atomic E-state index is 0.00304. The zero-order valence-corrected chi connectivity index (χ0v) is 29.3. The van der Waals surface area contributed by atoms with E-state index in [0.717, 1.165) is 0 Å². The molecular weight excluding hydrogens is 788 g/mol. The van der Waals surface area contributed by atoms with E-state index >= 15 is 0 Å². The van der Waals surface area contributed by atoms with Crippen LogP contribution in [0.5, 0.6) is 5.75 Å². The summed E-state index contributed by atoms with van der Waals surface area (Å²) in [5.41, 5.74) is -0.0591. The molecule has 8 nitrogen and oxygen atoms in total. The van der Waals surface area contributed by atoms with Gasteiger partial charge in [0.25, 0.3) is 17.7 Å². The monoisotopic (exact) mass is 798 g/mol. The molecule has 3 aliphatic rings. The highest BCUT2D eigenvalue weighted by Gasteiger charge is 2.88. The first-order valence-corrected chi connectivity index (χ1v) is 16.8. The smallest absolute Gasteiger partial charge is 0.353 e. The van der Waals surface area contributed by atoms with E-state index in [1.807, 2.05) is 0 Å². The molecule has 1 aliphatic heterocycles. The van der Waals surface area contributed by atoms with E-state index in [9.17, 15) is 24.0 Å². The zero-order valence-electron chi connectivity index (χ0n) is 22.4. The Labute approximate surface area is 304 Å². The number of carbonyl (C=O) groups is 5. The molecule has 2 aromatic carbocycles. The number of fused-ring (bicyclic) bond motifs is 5. The van der Waals surface area contributed by atoms with Gasteiger partial charge in [0, 0.05) is 11.1 Å². The number of hydrazine groups is 1. The largest absolute Gasteiger partial charge is 0.422 e. The van der Waals surface area contributed by atoms with Crippen molar-refractivity contribution in [1.82, 2.24) is 10.0 Å². The minimum atomic E-state index is -2.20. The first kappa shape index (κ1) is 33.8. The quantitative estimate of drug-likeness (QED) is 0.0791. The molecule has 238 valence electrons. The molecule has 1 aromatic heterocycles. The summed E-state index contributed by atoms with van der Waals surface area (Å²) >= 11 is 52.9. The molecule has 6 rings (SSSR count). The molecule has 0 N–H and O–H groups in total. The summed E-state index contributed by atoms with van der Waals surface area (Å²) in [6.07, 6.45) is 0. The van der Waals surface area contributed by atoms with Crippen molar-refractivity contribution in [3.8, 4) is 5.75 Å². The molecule has 0 unspecified atom stereocenters. The van der Waals surface area contributed by atoms with E-state index < -0.39 is 61.9 Å². The van der Waals surface area contributed by atoms with Crippen LogP contribution in [0.3, 0.4) is 0 Å². The lowest BCUT2D eigenvalue weighted by molar-refractivity contribution is -0.154. The van der Waals surface area contributed by atoms with Crippen molar-refractivity contribution in [3.05, 3.63) is 96.1 Å². The van der Waals surface area contributed by atoms with Crippen LogP contribution in [-0.2, 0) is 9.59 Å². The second-order valence-electron chi connectivity index (χ2n) is 10.4. The summed E-state index contributed by atoms with van der Waals surface area (Å²) in [7, 11) is 0. The molecule has 0 spiro atoms. The van der Waals surface area contributed by atoms with Crippen molar-refractivity contribution in [2.75, 3.05) is 6.54 Å². The summed E-state index contributed by atoms with van der Waals surface area (Å²) < 4.78 is 3.12. The Bertz CT molecular complexity index is 1840. The van der Waals surface area contributed by atoms with Gasteiger partial charge in [-0.2, -0.15) is 5.01 Å². The van der Waals surface area contributed by atoms with Crippen molar-refractivity contribution >= 4 is 134 Å². The average Bonchev–Trinajstić information content (AvgIpc) is 3.71. The Balaban J connectivity index is 1.34. The maximum absolute atomic E-state index is 14.1. The number of Topliss-reactive ketones (excluding diaryl/α,β-unsaturated/α-hetero) is 1. The van der Waals surface area contributed by atoms with Crippen LogP contribution in [0.25, 0.3) is 0 Å². The van der Waals surface area contributed by atoms with E-state index in [1.165, 1.54) is 53.8 Å². The Morgan fingerprint density at radius 3 is 1.89 bits per heavy atom. The van der Waals surface area contributed by atoms with Crippen molar-refractivity contribution in [2.24, 2.45) is 11.8 Å². The topological polar surface area (TPSA) is 101 Å². The number of esters is 1. The van der Waals surface area contributed by atoms with E-state index in [4.69, 9.17) is 97.5 Å². The van der Waals surface area contributed by atoms with Gasteiger partial charge in [-0.1, -0.05) is 75.7 Å². The number of rotatable bonds is 7. The van der Waals surface area contributed by atoms with Crippen LogP contribution >= 0.6 is 104 Å². The maximum Gasteiger partial charge on any atom is 0.353 e. The van der Waals surface area contributed by atoms with E-state index in [0.29, 0.717) is 14.9 Å². The number of allylic oxidation sites excluding steroid dienone is 2. The third kappa shape index (κ3) is 4.73. The number of alkyl halides is 4. The molecule has 17 heteroatoms. The predicted molar refractivity (Wildman–Crippen MR) is 177 cm³/mol. The van der Waals surface area contributed by atoms with Gasteiger partial charge in [-0.25, -0.2) is 9.80 Å². The number of ether oxygens (including phenoxy) is 1. The van der Waals surface area contributed by atoms with Crippen LogP contribution < -0.4 is 4.74 Å². The van der Waals surface area contributed by atoms with Gasteiger partial charge in [0.05, 0.1) is 31.9 Å². The molecule has 3 amide bonds. The lowest BCUT2D eigenvalue weighted by Gasteiger charge is -2.36. The van der Waals surface area contributed by atoms with Crippen molar-refractivity contribution in [1.29, 1.82) is 0 Å². The fraction of sp³-hybridized carbons (Fsp3) is 0.207. The van der Waals surface area contributed by atoms with Gasteiger partial charge in [0.15, 0.2) is 10.1 Å². The van der Waals surface area contributed by atoms with Gasteiger partial charge >= 0.3 is 5.97 Å². The Morgan fingerprint density at radius 2 is 1.37 bits per heavy atom. The Hall–Kier alpha value is -2.05. The molecule has 0 radical (unpaired) electrons. The molecule has 1 saturated heterocycles. The summed E-state index contributed by atoms with van der Waals surface area (Å²) in [5.74, 6) is -7.30. The fourth-order valence-corrected chi connectivity index (χ4v) is 9.54. The predicted octanol–water partition coefficient (Wildman–Crippen LogP) is 7.96. The van der Waals surface area contributed by atoms with Gasteiger partial charge in [-0.05, 0) is 53.9 Å². The summed E-state index contributed by atoms with van der Waals surface area (Å²) in [4.78, 5) is 64.0. The number of ketones is 1. The molecule has 3 aromatic rings. The average molecular weight is 802 g/mol. The van der Waals surface area contributed by atoms with Gasteiger partial charge in [-0.15, -0.1) is 34.5 Å². The third-order valence-corrected chi connectivity index (χ3v) is 13.8. The van der Waals surface area contributed by atoms with Gasteiger partial charge < -0.3 is 4.74 Å². The Kier molecular flexibility index (Phi) is 8.70. The van der Waals surface area contributed by atoms with Crippen LogP contribution in [0.1, 0.15) is 30.4 Å². The molecular formula is C29H14Cl8N2O6S. The Morgan fingerprint density at radius 1 is 0.804 bits per heavy atom. The number of hydrogen-bond acceptors (Lipinski definition) is 7. The number of halogens is 8. The highest BCUT2D eigenvalue weighted by molar-refractivity contribution is 7.12. The second kappa shape index (κ2) is 11.8. The first-order valence-electron chi connectivity index (χ1n) is 12.9. The number of amides is 3. The van der Waals surface area contributed by atoms with Crippen LogP contribution in [0, 0.1) is 11.8 Å². The number of carbonyl (C=O) groups excluding carboxylic acids is 5. The molecule has 46 heavy (non-hydrogen) atoms. The van der Waals surface area contributed by atoms with Gasteiger partial charge in [0.2, 0.25) is 0 Å². The van der Waals surface area contributed by atoms with Crippen molar-refractivity contribution < 1.29 is 28.7 Å². The van der Waals surface area contributed by atoms with Crippen LogP contribution in [0.15, 0.2) is 70.0 Å². The first-order chi connectivity index (χ1) is 21.6. The normalized spacial score (nSPS) is 26.0. The molecule has 4 atom stereocenters. The number of nitrogens with zero attached hydrogens (tertiary/aromatic N) is 2. The standard InChI is InChI=1S/C29H14Cl8N2O6S/c30-15-8-5-13(10-16(15)31)23(41)38(11-17(40)12-3-6-14(7-4-12)45-26(44)18-2-1-9-46-18)39-24(42)19-20(25(39)43)28(35)22(33)21(32)27(19,34)29(28,36)37/h1-10,19-20H,11H2/t19-,20+,27-,28-/m1/s1. The molecule has 2 heterocycles. The van der Waals surface area contributed by atoms with Crippen LogP contribution in [-0.4, -0.2) is 60.1 Å². The number of imide groups is 1. The summed E-state index contributed by atoms with van der Waals surface area (Å²) in [5, 5.41) is 2.32. The lowest BCUT2D eigenvalue weighted by atomic mass is 9.84. The second-order valence-corrected chi connectivity index (χ2v) is 15.4. The number of benzene rings is 2. The number of hydrogen-bond donors (Lipinski definition) is 0. The molecule has 2 fully saturated rings. The molecule has 2 aliphatic carbocycles. The third-order valence-electron chi connectivity index (χ3n) is 7.93. The van der Waals surface area contributed by atoms with Crippen molar-refractivity contribution in [3.63, 3.8) is 0 Å². The molecule has 2 bridgehead atoms. The summed E-state index contributed by atoms with van der Waals surface area (Å²) in [6, 6.07) is 12.6. The van der Waals surface area contributed by atoms with E-state index in [-0.39, 0.29) is 37.0 Å². The maximum atomic E-state index is 14.1. The lowest BCUT2D eigenvalue weighted by Crippen LogP contribution is -2.56. The van der Waals surface area contributed by atoms with Crippen molar-refractivity contribution in [2.45, 2.75) is 14.1 Å². The molecule has 1 saturated carbocycles. The van der Waals surface area contributed by atoms with Crippen LogP contribution in [0.2, 0.25) is 10.0 Å². The van der Waals surface area contributed by atoms with E-state index in [2.05, 4.69) is 0 Å². The van der Waals surface area contributed by atoms with Crippen LogP contribution in [0.4, 0.5) is 0 Å². The number of thiophene rings is 1. The highest BCUT2D eigenvalue weighted by Crippen LogP contribution is 2.77. The zero-order chi connectivity index (χ0) is 33.5. The summed E-state index contributed by atoms with van der Waals surface area (Å²) in [6.45, 7) is -0.823. The van der Waals surface area contributed by atoms with Gasteiger partial charge in [0.1, 0.15) is 26.9 Å². The SMILES string of the molecule is O=C(CN(C(=O)c1ccc(Cl)c(Cl)c1)N1C(=O)[C@@H]2[C@H](C1=O)[C@@]1(Cl)C(Cl)=C(Cl)[C@@]2(Cl)C1(Cl)Cl)c1ccc(OC(=O)c2cccs2)cc1. The fourth-order valence-electron chi connectivity index (χ4n) is 5.72. The van der Waals surface area contributed by atoms with E-state index in [1.54, 1.807) is 17.5 Å².